The molecule has 0 heterocycles. The first-order chi connectivity index (χ1) is 18.2. The molecule has 0 aromatic carbocycles. The molecule has 3 heteroatoms. The molecule has 0 saturated carbocycles. The van der Waals surface area contributed by atoms with Crippen LogP contribution in [0.2, 0.25) is 32.7 Å². The monoisotopic (exact) mass is 576 g/mol. The first kappa shape index (κ1) is 37.9. The Hall–Kier alpha value is -0.129. The van der Waals surface area contributed by atoms with E-state index in [2.05, 4.69) is 88.8 Å². The molecule has 0 radical (unpaired) electrons. The molecule has 0 unspecified atom stereocenters. The van der Waals surface area contributed by atoms with Crippen LogP contribution in [0.4, 0.5) is 0 Å². The van der Waals surface area contributed by atoms with Gasteiger partial charge in [-0.25, -0.2) is 0 Å². The third-order valence-corrected chi connectivity index (χ3v) is 47.4. The van der Waals surface area contributed by atoms with Crippen molar-refractivity contribution < 1.29 is 0 Å². The lowest BCUT2D eigenvalue weighted by Crippen LogP contribution is -2.70. The maximum Gasteiger partial charge on any atom is 0.0706 e. The second-order valence-corrected chi connectivity index (χ2v) is 39.3. The van der Waals surface area contributed by atoms with Gasteiger partial charge in [-0.1, -0.05) is 168 Å². The normalized spacial score (nSPS) is 13.6. The Morgan fingerprint density at radius 3 is 0.921 bits per heavy atom. The van der Waals surface area contributed by atoms with Crippen molar-refractivity contribution in [1.29, 1.82) is 0 Å². The first-order valence-corrected chi connectivity index (χ1v) is 27.9. The first-order valence-electron chi connectivity index (χ1n) is 17.2. The molecule has 0 aliphatic heterocycles. The molecule has 0 fully saturated rings. The molecule has 0 aliphatic carbocycles. The van der Waals surface area contributed by atoms with E-state index >= 15 is 0 Å². The van der Waals surface area contributed by atoms with Crippen molar-refractivity contribution >= 4 is 22.3 Å². The highest BCUT2D eigenvalue weighted by atomic mass is 29.6. The highest BCUT2D eigenvalue weighted by Gasteiger charge is 2.51. The van der Waals surface area contributed by atoms with E-state index in [9.17, 15) is 0 Å². The van der Waals surface area contributed by atoms with Crippen LogP contribution in [0.1, 0.15) is 156 Å². The number of unbranched alkanes of at least 4 members (excludes halogenated alkanes) is 18. The van der Waals surface area contributed by atoms with Gasteiger partial charge in [0.05, 0.1) is 22.3 Å². The lowest BCUT2D eigenvalue weighted by Gasteiger charge is -2.46. The molecule has 224 valence electrons. The molecule has 0 atom stereocenters. The molecule has 0 bridgehead atoms. The topological polar surface area (TPSA) is 0 Å². The fraction of sp³-hybridized carbons (Fsp3) is 0.829. The molecule has 0 rings (SSSR count). The van der Waals surface area contributed by atoms with Crippen molar-refractivity contribution in [1.82, 2.24) is 0 Å². The Kier molecular flexibility index (Phi) is 23.5. The summed E-state index contributed by atoms with van der Waals surface area (Å²) in [5.74, 6) is 0. The minimum Gasteiger partial charge on any atom is -0.103 e. The van der Waals surface area contributed by atoms with Crippen molar-refractivity contribution in [3.8, 4) is 0 Å². The van der Waals surface area contributed by atoms with Crippen molar-refractivity contribution in [3.05, 3.63) is 35.3 Å². The molecule has 0 aromatic rings. The van der Waals surface area contributed by atoms with Gasteiger partial charge in [0.25, 0.3) is 0 Å². The van der Waals surface area contributed by atoms with Crippen LogP contribution < -0.4 is 0 Å². The minimum absolute atomic E-state index is 1.30. The molecule has 0 aliphatic rings. The Labute approximate surface area is 245 Å². The quantitative estimate of drug-likeness (QED) is 0.0709. The zero-order valence-electron chi connectivity index (χ0n) is 27.8. The molecule has 0 saturated heterocycles. The Morgan fingerprint density at radius 1 is 0.342 bits per heavy atom. The maximum atomic E-state index is 2.86. The zero-order chi connectivity index (χ0) is 28.6. The summed E-state index contributed by atoms with van der Waals surface area (Å²) in [6.45, 7) is 20.6. The summed E-state index contributed by atoms with van der Waals surface area (Å²) < 4.78 is 0. The predicted octanol–water partition coefficient (Wildman–Crippen LogP) is 13.2. The van der Waals surface area contributed by atoms with Gasteiger partial charge in [0, 0.05) is 0 Å². The van der Waals surface area contributed by atoms with Gasteiger partial charge in [-0.05, 0) is 38.5 Å². The summed E-state index contributed by atoms with van der Waals surface area (Å²) in [5, 5.41) is 0. The second kappa shape index (κ2) is 23.6. The van der Waals surface area contributed by atoms with Crippen LogP contribution >= 0.6 is 0 Å². The van der Waals surface area contributed by atoms with Gasteiger partial charge in [0.15, 0.2) is 0 Å². The predicted molar refractivity (Wildman–Crippen MR) is 188 cm³/mol. The van der Waals surface area contributed by atoms with Gasteiger partial charge in [-0.15, -0.1) is 17.1 Å². The van der Waals surface area contributed by atoms with Crippen LogP contribution in [0.25, 0.3) is 0 Å². The van der Waals surface area contributed by atoms with E-state index in [0.717, 1.165) is 0 Å². The van der Waals surface area contributed by atoms with Crippen LogP contribution in [-0.2, 0) is 0 Å². The number of rotatable bonds is 26. The van der Waals surface area contributed by atoms with E-state index < -0.39 is 22.3 Å². The number of allylic oxidation sites excluding steroid dienone is 3. The lowest BCUT2D eigenvalue weighted by atomic mass is 10.1. The highest BCUT2D eigenvalue weighted by molar-refractivity contribution is 7.72. The zero-order valence-corrected chi connectivity index (χ0v) is 30.8. The van der Waals surface area contributed by atoms with E-state index in [1.165, 1.54) is 135 Å². The van der Waals surface area contributed by atoms with Gasteiger partial charge in [0.2, 0.25) is 0 Å². The average molecular weight is 577 g/mol. The van der Waals surface area contributed by atoms with E-state index in [0.29, 0.717) is 0 Å². The highest BCUT2D eigenvalue weighted by Crippen LogP contribution is 2.33. The molecule has 0 nitrogen and oxygen atoms in total. The summed E-state index contributed by atoms with van der Waals surface area (Å²) >= 11 is 0. The minimum atomic E-state index is -1.53. The van der Waals surface area contributed by atoms with Crippen LogP contribution in [0.3, 0.4) is 0 Å². The molecular formula is C35H72Si3. The summed E-state index contributed by atoms with van der Waals surface area (Å²) in [6, 6.07) is 0. The second-order valence-electron chi connectivity index (χ2n) is 13.5. The maximum absolute atomic E-state index is 2.86. The fourth-order valence-electron chi connectivity index (χ4n) is 5.81. The van der Waals surface area contributed by atoms with Crippen LogP contribution in [0, 0.1) is 0 Å². The van der Waals surface area contributed by atoms with Crippen LogP contribution in [0.5, 0.6) is 0 Å². The van der Waals surface area contributed by atoms with Crippen molar-refractivity contribution in [2.24, 2.45) is 0 Å². The van der Waals surface area contributed by atoms with Gasteiger partial charge in [-0.2, -0.15) is 0 Å². The smallest absolute Gasteiger partial charge is 0.0706 e. The van der Waals surface area contributed by atoms with Crippen LogP contribution in [-0.4, -0.2) is 22.3 Å². The summed E-state index contributed by atoms with van der Waals surface area (Å²) in [6.07, 6.45) is 37.0. The van der Waals surface area contributed by atoms with Crippen LogP contribution in [0.15, 0.2) is 35.3 Å². The van der Waals surface area contributed by atoms with Gasteiger partial charge < -0.3 is 0 Å². The van der Waals surface area contributed by atoms with Crippen molar-refractivity contribution in [3.63, 3.8) is 0 Å². The molecule has 0 amide bonds. The average Bonchev–Trinajstić information content (AvgIpc) is 2.88. The standard InChI is InChI=1S/C35H72Si3/c1-9-12-15-18-21-24-27-30-33-36(4,5)38(8,35-32-29-26-23-20-17-14-11-3)37(6,7)34-31-28-25-22-19-16-13-10-2/h30-35H,9-29H2,1-8H3/b33-30+,34-31+,35-32+. The summed E-state index contributed by atoms with van der Waals surface area (Å²) in [7, 11) is -4.47. The number of hydrogen-bond acceptors (Lipinski definition) is 0. The molecule has 38 heavy (non-hydrogen) atoms. The fourth-order valence-corrected chi connectivity index (χ4v) is 38.7. The Balaban J connectivity index is 5.22. The third kappa shape index (κ3) is 16.9. The van der Waals surface area contributed by atoms with E-state index in [-0.39, 0.29) is 0 Å². The van der Waals surface area contributed by atoms with E-state index in [1.807, 2.05) is 0 Å². The summed E-state index contributed by atoms with van der Waals surface area (Å²) in [5.41, 5.74) is 8.44. The number of hydrogen-bond donors (Lipinski definition) is 0. The van der Waals surface area contributed by atoms with Crippen molar-refractivity contribution in [2.75, 3.05) is 0 Å². The Bertz CT molecular complexity index is 577. The largest absolute Gasteiger partial charge is 0.103 e. The molecule has 0 spiro atoms. The van der Waals surface area contributed by atoms with E-state index in [1.54, 1.807) is 0 Å². The molecular weight excluding hydrogens is 505 g/mol. The SMILES string of the molecule is CCCCCCCC/C=C/[Si](C)(C)[Si](C)(/C=C/CCCCCCCC)[Si](C)(C)/C=C/CCCCCCCC. The van der Waals surface area contributed by atoms with E-state index in [4.69, 9.17) is 0 Å². The van der Waals surface area contributed by atoms with Gasteiger partial charge in [-0.3, -0.25) is 0 Å². The molecule has 0 N–H and O–H groups in total. The van der Waals surface area contributed by atoms with Gasteiger partial charge in [0.1, 0.15) is 0 Å². The van der Waals surface area contributed by atoms with Gasteiger partial charge >= 0.3 is 0 Å². The third-order valence-electron chi connectivity index (χ3n) is 9.37. The van der Waals surface area contributed by atoms with Crippen molar-refractivity contribution in [2.45, 2.75) is 188 Å². The molecule has 0 aromatic heterocycles. The summed E-state index contributed by atoms with van der Waals surface area (Å²) in [4.78, 5) is 0. The Morgan fingerprint density at radius 2 is 0.605 bits per heavy atom. The lowest BCUT2D eigenvalue weighted by molar-refractivity contribution is 0.611.